The zero-order chi connectivity index (χ0) is 38.9. The summed E-state index contributed by atoms with van der Waals surface area (Å²) >= 11 is 0. The van der Waals surface area contributed by atoms with E-state index in [0.717, 1.165) is 44.6 Å². The highest BCUT2D eigenvalue weighted by molar-refractivity contribution is 6.15. The summed E-state index contributed by atoms with van der Waals surface area (Å²) in [6.45, 7) is 0. The van der Waals surface area contributed by atoms with Crippen molar-refractivity contribution in [3.8, 4) is 22.3 Å². The van der Waals surface area contributed by atoms with Crippen LogP contribution in [0, 0.1) is 0 Å². The molecule has 59 heavy (non-hydrogen) atoms. The molecule has 0 radical (unpaired) electrons. The van der Waals surface area contributed by atoms with Crippen LogP contribution >= 0.6 is 0 Å². The van der Waals surface area contributed by atoms with Gasteiger partial charge in [-0.3, -0.25) is 0 Å². The molecule has 11 aromatic rings. The van der Waals surface area contributed by atoms with E-state index < -0.39 is 5.41 Å². The van der Waals surface area contributed by atoms with Gasteiger partial charge in [0.1, 0.15) is 11.2 Å². The maximum Gasteiger partial charge on any atom is 0.143 e. The molecule has 2 nitrogen and oxygen atoms in total. The zero-order valence-electron chi connectivity index (χ0n) is 32.2. The number of anilines is 3. The van der Waals surface area contributed by atoms with Gasteiger partial charge in [0.2, 0.25) is 0 Å². The Bertz CT molecular complexity index is 3330. The van der Waals surface area contributed by atoms with Crippen LogP contribution in [0.3, 0.4) is 0 Å². The minimum absolute atomic E-state index is 0.573. The molecule has 0 aliphatic heterocycles. The second-order valence-corrected chi connectivity index (χ2v) is 15.6. The number of fused-ring (bicyclic) bond motifs is 10. The minimum Gasteiger partial charge on any atom is -0.455 e. The molecule has 0 spiro atoms. The van der Waals surface area contributed by atoms with Crippen molar-refractivity contribution in [3.63, 3.8) is 0 Å². The second-order valence-electron chi connectivity index (χ2n) is 15.6. The summed E-state index contributed by atoms with van der Waals surface area (Å²) in [5, 5.41) is 7.13. The average Bonchev–Trinajstić information content (AvgIpc) is 3.84. The van der Waals surface area contributed by atoms with Crippen molar-refractivity contribution in [1.29, 1.82) is 0 Å². The SMILES string of the molecule is c1ccc(-c2ccc(N(c3ccc4c(c3)-c3c(ccc5c3oc3ccccc35)C4(c3ccccc3)c3ccccc3)c3cc4ccccc4c4ccccc34)cc2)cc1. The van der Waals surface area contributed by atoms with E-state index in [1.807, 2.05) is 0 Å². The molecule has 0 fully saturated rings. The van der Waals surface area contributed by atoms with Crippen molar-refractivity contribution < 1.29 is 4.42 Å². The number of nitrogens with zero attached hydrogens (tertiary/aromatic N) is 1. The summed E-state index contributed by atoms with van der Waals surface area (Å²) in [4.78, 5) is 2.45. The van der Waals surface area contributed by atoms with E-state index in [0.29, 0.717) is 0 Å². The number of rotatable bonds is 6. The normalized spacial score (nSPS) is 12.9. The Morgan fingerprint density at radius 3 is 1.66 bits per heavy atom. The van der Waals surface area contributed by atoms with E-state index in [4.69, 9.17) is 4.42 Å². The van der Waals surface area contributed by atoms with Crippen LogP contribution in [0.5, 0.6) is 0 Å². The van der Waals surface area contributed by atoms with Gasteiger partial charge in [-0.05, 0) is 91.5 Å². The fourth-order valence-electron chi connectivity index (χ4n) is 9.96. The molecule has 12 rings (SSSR count). The maximum absolute atomic E-state index is 6.93. The Morgan fingerprint density at radius 1 is 0.373 bits per heavy atom. The molecule has 276 valence electrons. The van der Waals surface area contributed by atoms with Crippen molar-refractivity contribution in [3.05, 3.63) is 247 Å². The molecule has 0 unspecified atom stereocenters. The quantitative estimate of drug-likeness (QED) is 0.157. The Morgan fingerprint density at radius 2 is 0.932 bits per heavy atom. The number of hydrogen-bond donors (Lipinski definition) is 0. The van der Waals surface area contributed by atoms with Crippen molar-refractivity contribution in [2.75, 3.05) is 4.90 Å². The van der Waals surface area contributed by atoms with Crippen LogP contribution in [0.4, 0.5) is 17.1 Å². The number of hydrogen-bond acceptors (Lipinski definition) is 2. The van der Waals surface area contributed by atoms with Gasteiger partial charge in [-0.1, -0.05) is 188 Å². The summed E-state index contributed by atoms with van der Waals surface area (Å²) in [5.41, 5.74) is 14.2. The third-order valence-electron chi connectivity index (χ3n) is 12.5. The fraction of sp³-hybridized carbons (Fsp3) is 0.0175. The maximum atomic E-state index is 6.93. The third-order valence-corrected chi connectivity index (χ3v) is 12.5. The zero-order valence-corrected chi connectivity index (χ0v) is 32.2. The van der Waals surface area contributed by atoms with Crippen LogP contribution in [-0.2, 0) is 5.41 Å². The highest BCUT2D eigenvalue weighted by Crippen LogP contribution is 2.59. The number of furan rings is 1. The first-order chi connectivity index (χ1) is 29.3. The molecule has 0 amide bonds. The molecule has 10 aromatic carbocycles. The first kappa shape index (κ1) is 33.5. The fourth-order valence-corrected chi connectivity index (χ4v) is 9.96. The van der Waals surface area contributed by atoms with Crippen LogP contribution in [0.2, 0.25) is 0 Å². The molecule has 0 N–H and O–H groups in total. The van der Waals surface area contributed by atoms with E-state index in [-0.39, 0.29) is 0 Å². The van der Waals surface area contributed by atoms with E-state index in [1.165, 1.54) is 60.5 Å². The lowest BCUT2D eigenvalue weighted by Gasteiger charge is -2.34. The number of benzene rings is 10. The van der Waals surface area contributed by atoms with Crippen molar-refractivity contribution in [1.82, 2.24) is 0 Å². The first-order valence-electron chi connectivity index (χ1n) is 20.3. The van der Waals surface area contributed by atoms with Gasteiger partial charge in [0.05, 0.1) is 11.1 Å². The van der Waals surface area contributed by atoms with Gasteiger partial charge in [-0.25, -0.2) is 0 Å². The van der Waals surface area contributed by atoms with E-state index in [1.54, 1.807) is 0 Å². The minimum atomic E-state index is -0.573. The highest BCUT2D eigenvalue weighted by atomic mass is 16.3. The lowest BCUT2D eigenvalue weighted by atomic mass is 9.67. The molecule has 1 aromatic heterocycles. The van der Waals surface area contributed by atoms with Gasteiger partial charge in [0.15, 0.2) is 0 Å². The second kappa shape index (κ2) is 13.2. The van der Waals surface area contributed by atoms with Gasteiger partial charge in [0, 0.05) is 33.1 Å². The van der Waals surface area contributed by atoms with Crippen LogP contribution < -0.4 is 4.90 Å². The van der Waals surface area contributed by atoms with Gasteiger partial charge >= 0.3 is 0 Å². The molecule has 0 atom stereocenters. The summed E-state index contributed by atoms with van der Waals surface area (Å²) in [6, 6.07) is 81.7. The van der Waals surface area contributed by atoms with E-state index >= 15 is 0 Å². The highest BCUT2D eigenvalue weighted by Gasteiger charge is 2.47. The Hall–Kier alpha value is -7.68. The van der Waals surface area contributed by atoms with Crippen molar-refractivity contribution >= 4 is 60.5 Å². The van der Waals surface area contributed by atoms with Crippen LogP contribution in [0.15, 0.2) is 229 Å². The van der Waals surface area contributed by atoms with Crippen LogP contribution in [-0.4, -0.2) is 0 Å². The first-order valence-corrected chi connectivity index (χ1v) is 20.3. The predicted molar refractivity (Wildman–Crippen MR) is 246 cm³/mol. The molecule has 1 heterocycles. The summed E-state index contributed by atoms with van der Waals surface area (Å²) in [6.07, 6.45) is 0. The molecule has 1 aliphatic rings. The molecular formula is C57H37NO. The summed E-state index contributed by atoms with van der Waals surface area (Å²) < 4.78 is 6.93. The Labute approximate surface area is 342 Å². The van der Waals surface area contributed by atoms with E-state index in [9.17, 15) is 0 Å². The van der Waals surface area contributed by atoms with Gasteiger partial charge in [-0.15, -0.1) is 0 Å². The van der Waals surface area contributed by atoms with Crippen LogP contribution in [0.25, 0.3) is 65.7 Å². The standard InChI is InChI=1S/C57H37NO/c1-4-16-38(17-5-1)39-28-30-43(31-29-39)58(53-36-40-18-10-11-23-45(40)46-24-12-13-25-47(46)53)44-32-34-51-50(37-44)55-52(35-33-49-48-26-14-15-27-54(48)59-56(49)55)57(51,41-19-6-2-7-20-41)42-21-8-3-9-22-42/h1-37H. The monoisotopic (exact) mass is 751 g/mol. The summed E-state index contributed by atoms with van der Waals surface area (Å²) in [7, 11) is 0. The Balaban J connectivity index is 1.18. The van der Waals surface area contributed by atoms with Crippen molar-refractivity contribution in [2.45, 2.75) is 5.41 Å². The van der Waals surface area contributed by atoms with Crippen LogP contribution in [0.1, 0.15) is 22.3 Å². The van der Waals surface area contributed by atoms with E-state index in [2.05, 4.69) is 229 Å². The van der Waals surface area contributed by atoms with Gasteiger partial charge < -0.3 is 9.32 Å². The van der Waals surface area contributed by atoms with Crippen molar-refractivity contribution in [2.24, 2.45) is 0 Å². The molecular weight excluding hydrogens is 715 g/mol. The third kappa shape index (κ3) is 5.00. The number of para-hydroxylation sites is 1. The Kier molecular flexibility index (Phi) is 7.48. The predicted octanol–water partition coefficient (Wildman–Crippen LogP) is 15.4. The molecule has 1 aliphatic carbocycles. The lowest BCUT2D eigenvalue weighted by molar-refractivity contribution is 0.669. The summed E-state index contributed by atoms with van der Waals surface area (Å²) in [5.74, 6) is 0. The molecule has 0 saturated heterocycles. The topological polar surface area (TPSA) is 16.4 Å². The largest absolute Gasteiger partial charge is 0.455 e. The lowest BCUT2D eigenvalue weighted by Crippen LogP contribution is -2.28. The smallest absolute Gasteiger partial charge is 0.143 e. The van der Waals surface area contributed by atoms with Gasteiger partial charge in [0.25, 0.3) is 0 Å². The van der Waals surface area contributed by atoms with Gasteiger partial charge in [-0.2, -0.15) is 0 Å². The molecule has 0 bridgehead atoms. The molecule has 0 saturated carbocycles. The average molecular weight is 752 g/mol. The molecule has 2 heteroatoms.